The second kappa shape index (κ2) is 10.2. The van der Waals surface area contributed by atoms with Gasteiger partial charge in [-0.25, -0.2) is 13.8 Å². The minimum absolute atomic E-state index is 0.0552. The number of carbonyl (C=O) groups is 2. The minimum Gasteiger partial charge on any atom is -0.490 e. The molecule has 1 fully saturated rings. The maximum absolute atomic E-state index is 11.9. The van der Waals surface area contributed by atoms with Crippen LogP contribution >= 0.6 is 0 Å². The molecule has 160 valence electrons. The van der Waals surface area contributed by atoms with Crippen molar-refractivity contribution in [2.45, 2.75) is 19.8 Å². The number of nitrogens with one attached hydrogen (secondary N) is 1. The van der Waals surface area contributed by atoms with Gasteiger partial charge in [-0.2, -0.15) is 5.10 Å². The van der Waals surface area contributed by atoms with Crippen LogP contribution in [0.25, 0.3) is 0 Å². The predicted molar refractivity (Wildman–Crippen MR) is 109 cm³/mol. The standard InChI is InChI=1S/C19H27N3O6S/c1-4-27-17-9-14(5-6-16(17)28-12-19(24)22(2)3)11-20-21-18(23)10-15-7-8-29(25,26)13-15/h5-6,9,11,15H,4,7-8,10,12-13H2,1-3H3,(H,21,23)/b20-11-/t15-/m0/s1. The molecular weight excluding hydrogens is 398 g/mol. The lowest BCUT2D eigenvalue weighted by Crippen LogP contribution is -2.27. The lowest BCUT2D eigenvalue weighted by atomic mass is 10.1. The number of benzene rings is 1. The van der Waals surface area contributed by atoms with Crippen molar-refractivity contribution in [3.8, 4) is 11.5 Å². The van der Waals surface area contributed by atoms with Crippen LogP contribution in [0.1, 0.15) is 25.3 Å². The summed E-state index contributed by atoms with van der Waals surface area (Å²) in [5.41, 5.74) is 3.09. The van der Waals surface area contributed by atoms with Crippen molar-refractivity contribution < 1.29 is 27.5 Å². The summed E-state index contributed by atoms with van der Waals surface area (Å²) in [6.45, 7) is 2.14. The van der Waals surface area contributed by atoms with Gasteiger partial charge in [0, 0.05) is 20.5 Å². The normalized spacial score (nSPS) is 17.8. The third kappa shape index (κ3) is 7.37. The van der Waals surface area contributed by atoms with E-state index in [2.05, 4.69) is 10.5 Å². The molecule has 1 aromatic carbocycles. The Kier molecular flexibility index (Phi) is 8.00. The summed E-state index contributed by atoms with van der Waals surface area (Å²) < 4.78 is 34.0. The van der Waals surface area contributed by atoms with Crippen LogP contribution in [0.2, 0.25) is 0 Å². The molecule has 2 rings (SSSR count). The maximum Gasteiger partial charge on any atom is 0.259 e. The Labute approximate surface area is 171 Å². The molecule has 1 aliphatic rings. The van der Waals surface area contributed by atoms with Crippen molar-refractivity contribution in [1.29, 1.82) is 0 Å². The average molecular weight is 426 g/mol. The van der Waals surface area contributed by atoms with Crippen LogP contribution in [0.5, 0.6) is 11.5 Å². The fourth-order valence-electron chi connectivity index (χ4n) is 2.78. The number of hydrogen-bond donors (Lipinski definition) is 1. The second-order valence-electron chi connectivity index (χ2n) is 6.98. The Morgan fingerprint density at radius 1 is 1.28 bits per heavy atom. The first-order chi connectivity index (χ1) is 13.7. The van der Waals surface area contributed by atoms with Crippen LogP contribution in [-0.4, -0.2) is 70.2 Å². The molecule has 0 radical (unpaired) electrons. The Balaban J connectivity index is 1.93. The van der Waals surface area contributed by atoms with Crippen LogP contribution in [0.15, 0.2) is 23.3 Å². The van der Waals surface area contributed by atoms with E-state index in [-0.39, 0.29) is 42.3 Å². The Morgan fingerprint density at radius 3 is 2.66 bits per heavy atom. The summed E-state index contributed by atoms with van der Waals surface area (Å²) in [7, 11) is 0.293. The van der Waals surface area contributed by atoms with Crippen molar-refractivity contribution in [2.24, 2.45) is 11.0 Å². The number of hydrogen-bond acceptors (Lipinski definition) is 7. The number of hydrazone groups is 1. The van der Waals surface area contributed by atoms with E-state index in [4.69, 9.17) is 9.47 Å². The summed E-state index contributed by atoms with van der Waals surface area (Å²) in [6, 6.07) is 5.08. The highest BCUT2D eigenvalue weighted by molar-refractivity contribution is 7.91. The van der Waals surface area contributed by atoms with Gasteiger partial charge in [0.2, 0.25) is 5.91 Å². The molecule has 0 spiro atoms. The van der Waals surface area contributed by atoms with Crippen molar-refractivity contribution in [3.05, 3.63) is 23.8 Å². The van der Waals surface area contributed by atoms with E-state index < -0.39 is 9.84 Å². The lowest BCUT2D eigenvalue weighted by Gasteiger charge is -2.14. The molecule has 9 nitrogen and oxygen atoms in total. The van der Waals surface area contributed by atoms with E-state index in [0.29, 0.717) is 30.1 Å². The summed E-state index contributed by atoms with van der Waals surface area (Å²) >= 11 is 0. The van der Waals surface area contributed by atoms with Crippen LogP contribution < -0.4 is 14.9 Å². The monoisotopic (exact) mass is 425 g/mol. The molecular formula is C19H27N3O6S. The van der Waals surface area contributed by atoms with Crippen LogP contribution in [-0.2, 0) is 19.4 Å². The number of ether oxygens (including phenoxy) is 2. The maximum atomic E-state index is 11.9. The lowest BCUT2D eigenvalue weighted by molar-refractivity contribution is -0.130. The molecule has 1 N–H and O–H groups in total. The molecule has 2 amide bonds. The molecule has 0 aromatic heterocycles. The molecule has 0 bridgehead atoms. The van der Waals surface area contributed by atoms with Crippen molar-refractivity contribution in [3.63, 3.8) is 0 Å². The van der Waals surface area contributed by atoms with Crippen molar-refractivity contribution >= 4 is 27.9 Å². The highest BCUT2D eigenvalue weighted by atomic mass is 32.2. The smallest absolute Gasteiger partial charge is 0.259 e. The fraction of sp³-hybridized carbons (Fsp3) is 0.526. The Morgan fingerprint density at radius 2 is 2.03 bits per heavy atom. The minimum atomic E-state index is -3.00. The van der Waals surface area contributed by atoms with Gasteiger partial charge in [0.15, 0.2) is 27.9 Å². The number of sulfone groups is 1. The van der Waals surface area contributed by atoms with Crippen LogP contribution in [0.4, 0.5) is 0 Å². The first-order valence-electron chi connectivity index (χ1n) is 9.32. The zero-order valence-electron chi connectivity index (χ0n) is 16.9. The van der Waals surface area contributed by atoms with E-state index in [1.807, 2.05) is 6.92 Å². The third-order valence-corrected chi connectivity index (χ3v) is 6.16. The highest BCUT2D eigenvalue weighted by Crippen LogP contribution is 2.28. The Bertz CT molecular complexity index is 867. The molecule has 1 atom stereocenters. The molecule has 1 aliphatic heterocycles. The van der Waals surface area contributed by atoms with E-state index in [0.717, 1.165) is 0 Å². The number of likely N-dealkylation sites (N-methyl/N-ethyl adjacent to an activating group) is 1. The summed E-state index contributed by atoms with van der Waals surface area (Å²) in [5.74, 6) is 0.450. The number of nitrogens with zero attached hydrogens (tertiary/aromatic N) is 2. The molecule has 1 heterocycles. The number of rotatable bonds is 9. The van der Waals surface area contributed by atoms with E-state index in [1.165, 1.54) is 11.1 Å². The fourth-order valence-corrected chi connectivity index (χ4v) is 4.64. The number of carbonyl (C=O) groups excluding carboxylic acids is 2. The third-order valence-electron chi connectivity index (χ3n) is 4.32. The van der Waals surface area contributed by atoms with Crippen molar-refractivity contribution in [2.75, 3.05) is 38.8 Å². The van der Waals surface area contributed by atoms with Gasteiger partial charge in [0.05, 0.1) is 24.3 Å². The van der Waals surface area contributed by atoms with E-state index in [9.17, 15) is 18.0 Å². The van der Waals surface area contributed by atoms with Gasteiger partial charge in [-0.3, -0.25) is 9.59 Å². The van der Waals surface area contributed by atoms with Gasteiger partial charge in [0.25, 0.3) is 5.91 Å². The second-order valence-corrected chi connectivity index (χ2v) is 9.21. The quantitative estimate of drug-likeness (QED) is 0.463. The Hall–Kier alpha value is -2.62. The van der Waals surface area contributed by atoms with Crippen molar-refractivity contribution in [1.82, 2.24) is 10.3 Å². The SMILES string of the molecule is CCOc1cc(/C=N\NC(=O)C[C@@H]2CCS(=O)(=O)C2)ccc1OCC(=O)N(C)C. The summed E-state index contributed by atoms with van der Waals surface area (Å²) in [6.07, 6.45) is 2.10. The molecule has 1 saturated heterocycles. The summed E-state index contributed by atoms with van der Waals surface area (Å²) in [5, 5.41) is 3.92. The zero-order chi connectivity index (χ0) is 21.4. The van der Waals surface area contributed by atoms with E-state index >= 15 is 0 Å². The van der Waals surface area contributed by atoms with Gasteiger partial charge in [-0.1, -0.05) is 0 Å². The molecule has 0 saturated carbocycles. The topological polar surface area (TPSA) is 114 Å². The van der Waals surface area contributed by atoms with Crippen LogP contribution in [0, 0.1) is 5.92 Å². The van der Waals surface area contributed by atoms with Gasteiger partial charge in [-0.05, 0) is 43.0 Å². The van der Waals surface area contributed by atoms with Gasteiger partial charge < -0.3 is 14.4 Å². The molecule has 0 unspecified atom stereocenters. The first-order valence-corrected chi connectivity index (χ1v) is 11.1. The van der Waals surface area contributed by atoms with E-state index in [1.54, 1.807) is 32.3 Å². The summed E-state index contributed by atoms with van der Waals surface area (Å²) in [4.78, 5) is 25.0. The number of amides is 2. The van der Waals surface area contributed by atoms with Gasteiger partial charge >= 0.3 is 0 Å². The molecule has 1 aromatic rings. The van der Waals surface area contributed by atoms with Gasteiger partial charge in [0.1, 0.15) is 0 Å². The molecule has 0 aliphatic carbocycles. The molecule has 10 heteroatoms. The average Bonchev–Trinajstić information content (AvgIpc) is 2.99. The largest absolute Gasteiger partial charge is 0.490 e. The van der Waals surface area contributed by atoms with Crippen LogP contribution in [0.3, 0.4) is 0 Å². The first kappa shape index (κ1) is 22.7. The highest BCUT2D eigenvalue weighted by Gasteiger charge is 2.29. The molecule has 29 heavy (non-hydrogen) atoms. The zero-order valence-corrected chi connectivity index (χ0v) is 17.7. The predicted octanol–water partition coefficient (Wildman–Crippen LogP) is 0.827. The van der Waals surface area contributed by atoms with Gasteiger partial charge in [-0.15, -0.1) is 0 Å².